The summed E-state index contributed by atoms with van der Waals surface area (Å²) in [5.41, 5.74) is 24.5. The molecule has 0 aliphatic heterocycles. The molecule has 1 aromatic heterocycles. The van der Waals surface area contributed by atoms with Gasteiger partial charge in [-0.1, -0.05) is 23.2 Å². The predicted molar refractivity (Wildman–Crippen MR) is 111 cm³/mol. The van der Waals surface area contributed by atoms with E-state index in [4.69, 9.17) is 50.6 Å². The van der Waals surface area contributed by atoms with Gasteiger partial charge in [-0.25, -0.2) is 4.99 Å². The van der Waals surface area contributed by atoms with Crippen molar-refractivity contribution in [1.82, 2.24) is 0 Å². The maximum Gasteiger partial charge on any atom is 0.191 e. The van der Waals surface area contributed by atoms with E-state index in [2.05, 4.69) is 10.3 Å². The molecular weight excluding hydrogens is 387 g/mol. The molecule has 0 aliphatic carbocycles. The number of halogens is 2. The number of benzene rings is 2. The molecule has 0 amide bonds. The fourth-order valence-corrected chi connectivity index (χ4v) is 3.09. The molecule has 0 aliphatic rings. The van der Waals surface area contributed by atoms with E-state index in [9.17, 15) is 0 Å². The molecule has 140 valence electrons. The fraction of sp³-hybridized carbons (Fsp3) is 0.0556. The van der Waals surface area contributed by atoms with Gasteiger partial charge in [-0.05, 0) is 48.5 Å². The standard InChI is InChI=1S/C18H18Cl2N6O/c19-13-7-9(25-17(21)22)1-3-11(13)15-5-6-16(27-15)12-4-2-10(8-14(12)20)26-18(23)24/h1-8,17,25H,21-22H2,(H4,23,24,26). The van der Waals surface area contributed by atoms with Gasteiger partial charge in [0.05, 0.1) is 15.7 Å². The van der Waals surface area contributed by atoms with Crippen LogP contribution in [0.3, 0.4) is 0 Å². The Kier molecular flexibility index (Phi) is 5.57. The lowest BCUT2D eigenvalue weighted by atomic mass is 10.1. The number of nitrogens with one attached hydrogen (secondary N) is 1. The van der Waals surface area contributed by atoms with Crippen molar-refractivity contribution in [1.29, 1.82) is 0 Å². The molecule has 0 atom stereocenters. The summed E-state index contributed by atoms with van der Waals surface area (Å²) < 4.78 is 5.94. The Balaban J connectivity index is 1.90. The van der Waals surface area contributed by atoms with E-state index in [0.29, 0.717) is 38.5 Å². The molecule has 3 aromatic rings. The zero-order valence-electron chi connectivity index (χ0n) is 14.1. The number of furan rings is 1. The van der Waals surface area contributed by atoms with Crippen LogP contribution in [0.15, 0.2) is 57.9 Å². The quantitative estimate of drug-likeness (QED) is 0.250. The van der Waals surface area contributed by atoms with Crippen LogP contribution in [-0.4, -0.2) is 12.2 Å². The van der Waals surface area contributed by atoms with Gasteiger partial charge in [0.1, 0.15) is 17.8 Å². The summed E-state index contributed by atoms with van der Waals surface area (Å²) in [6, 6.07) is 14.2. The first-order chi connectivity index (χ1) is 12.8. The van der Waals surface area contributed by atoms with Crippen molar-refractivity contribution in [3.05, 3.63) is 58.6 Å². The van der Waals surface area contributed by atoms with Crippen molar-refractivity contribution in [3.63, 3.8) is 0 Å². The molecule has 2 aromatic carbocycles. The molecule has 3 rings (SSSR count). The van der Waals surface area contributed by atoms with Crippen molar-refractivity contribution < 1.29 is 4.42 Å². The molecule has 0 fully saturated rings. The maximum atomic E-state index is 6.36. The highest BCUT2D eigenvalue weighted by Crippen LogP contribution is 2.37. The minimum atomic E-state index is -0.675. The predicted octanol–water partition coefficient (Wildman–Crippen LogP) is 3.44. The Bertz CT molecular complexity index is 995. The largest absolute Gasteiger partial charge is 0.456 e. The summed E-state index contributed by atoms with van der Waals surface area (Å²) in [4.78, 5) is 3.96. The Morgan fingerprint density at radius 1 is 0.889 bits per heavy atom. The van der Waals surface area contributed by atoms with E-state index >= 15 is 0 Å². The van der Waals surface area contributed by atoms with E-state index in [-0.39, 0.29) is 5.96 Å². The number of rotatable bonds is 5. The molecule has 7 nitrogen and oxygen atoms in total. The van der Waals surface area contributed by atoms with Gasteiger partial charge in [0, 0.05) is 16.8 Å². The highest BCUT2D eigenvalue weighted by Gasteiger charge is 2.13. The van der Waals surface area contributed by atoms with Crippen LogP contribution < -0.4 is 28.3 Å². The average molecular weight is 405 g/mol. The molecule has 0 unspecified atom stereocenters. The zero-order valence-corrected chi connectivity index (χ0v) is 15.6. The third kappa shape index (κ3) is 4.53. The molecular formula is C18H18Cl2N6O. The van der Waals surface area contributed by atoms with Crippen LogP contribution in [0, 0.1) is 0 Å². The van der Waals surface area contributed by atoms with Gasteiger partial charge in [0.15, 0.2) is 5.96 Å². The van der Waals surface area contributed by atoms with Crippen LogP contribution in [0.25, 0.3) is 22.6 Å². The number of aliphatic imine (C=N–C) groups is 1. The van der Waals surface area contributed by atoms with Gasteiger partial charge in [-0.15, -0.1) is 0 Å². The maximum absolute atomic E-state index is 6.36. The minimum Gasteiger partial charge on any atom is -0.456 e. The molecule has 1 heterocycles. The van der Waals surface area contributed by atoms with Crippen LogP contribution in [0.4, 0.5) is 11.4 Å². The summed E-state index contributed by atoms with van der Waals surface area (Å²) in [5, 5.41) is 3.83. The van der Waals surface area contributed by atoms with Gasteiger partial charge in [-0.2, -0.15) is 0 Å². The van der Waals surface area contributed by atoms with E-state index in [1.165, 1.54) is 0 Å². The van der Waals surface area contributed by atoms with Crippen molar-refractivity contribution >= 4 is 40.5 Å². The highest BCUT2D eigenvalue weighted by atomic mass is 35.5. The summed E-state index contributed by atoms with van der Waals surface area (Å²) in [7, 11) is 0. The monoisotopic (exact) mass is 404 g/mol. The molecule has 0 saturated heterocycles. The molecule has 0 radical (unpaired) electrons. The minimum absolute atomic E-state index is 0.0396. The second-order valence-corrected chi connectivity index (χ2v) is 6.54. The third-order valence-electron chi connectivity index (χ3n) is 3.65. The lowest BCUT2D eigenvalue weighted by Crippen LogP contribution is -2.38. The van der Waals surface area contributed by atoms with E-state index in [0.717, 1.165) is 5.56 Å². The van der Waals surface area contributed by atoms with E-state index in [1.54, 1.807) is 24.3 Å². The first-order valence-corrected chi connectivity index (χ1v) is 8.66. The number of nitrogens with two attached hydrogens (primary N) is 4. The molecule has 9 N–H and O–H groups in total. The normalized spacial score (nSPS) is 10.9. The average Bonchev–Trinajstić information content (AvgIpc) is 3.03. The van der Waals surface area contributed by atoms with Gasteiger partial charge >= 0.3 is 0 Å². The van der Waals surface area contributed by atoms with Crippen LogP contribution in [-0.2, 0) is 0 Å². The molecule has 0 spiro atoms. The Labute approximate surface area is 165 Å². The first-order valence-electron chi connectivity index (χ1n) is 7.90. The second kappa shape index (κ2) is 7.89. The van der Waals surface area contributed by atoms with Gasteiger partial charge < -0.3 is 21.2 Å². The number of nitrogens with zero attached hydrogens (tertiary/aromatic N) is 1. The number of hydrogen-bond donors (Lipinski definition) is 5. The smallest absolute Gasteiger partial charge is 0.191 e. The van der Waals surface area contributed by atoms with Crippen molar-refractivity contribution in [2.45, 2.75) is 6.29 Å². The number of anilines is 1. The van der Waals surface area contributed by atoms with Crippen LogP contribution in [0.5, 0.6) is 0 Å². The summed E-state index contributed by atoms with van der Waals surface area (Å²) in [5.74, 6) is 1.15. The molecule has 27 heavy (non-hydrogen) atoms. The van der Waals surface area contributed by atoms with Gasteiger partial charge in [-0.3, -0.25) is 11.5 Å². The number of hydrogen-bond acceptors (Lipinski definition) is 5. The zero-order chi connectivity index (χ0) is 19.6. The Hall–Kier alpha value is -2.71. The molecule has 0 saturated carbocycles. The molecule has 9 heteroatoms. The van der Waals surface area contributed by atoms with Gasteiger partial charge in [0.2, 0.25) is 0 Å². The van der Waals surface area contributed by atoms with E-state index in [1.807, 2.05) is 24.3 Å². The summed E-state index contributed by atoms with van der Waals surface area (Å²) >= 11 is 12.7. The van der Waals surface area contributed by atoms with Crippen molar-refractivity contribution in [3.8, 4) is 22.6 Å². The lowest BCUT2D eigenvalue weighted by Gasteiger charge is -2.11. The summed E-state index contributed by atoms with van der Waals surface area (Å²) in [6.07, 6.45) is -0.675. The van der Waals surface area contributed by atoms with Crippen molar-refractivity contribution in [2.24, 2.45) is 27.9 Å². The Morgan fingerprint density at radius 3 is 2.00 bits per heavy atom. The summed E-state index contributed by atoms with van der Waals surface area (Å²) in [6.45, 7) is 0. The first kappa shape index (κ1) is 19.1. The van der Waals surface area contributed by atoms with Crippen LogP contribution in [0.1, 0.15) is 0 Å². The van der Waals surface area contributed by atoms with E-state index < -0.39 is 6.29 Å². The van der Waals surface area contributed by atoms with Gasteiger partial charge in [0.25, 0.3) is 0 Å². The highest BCUT2D eigenvalue weighted by molar-refractivity contribution is 6.34. The molecule has 0 bridgehead atoms. The SMILES string of the molecule is NC(N)=Nc1ccc(-c2ccc(-c3ccc(NC(N)N)cc3Cl)o2)c(Cl)c1. The van der Waals surface area contributed by atoms with Crippen LogP contribution in [0.2, 0.25) is 10.0 Å². The number of guanidine groups is 1. The van der Waals surface area contributed by atoms with Crippen LogP contribution >= 0.6 is 23.2 Å². The lowest BCUT2D eigenvalue weighted by molar-refractivity contribution is 0.597. The van der Waals surface area contributed by atoms with Crippen molar-refractivity contribution in [2.75, 3.05) is 5.32 Å². The Morgan fingerprint density at radius 2 is 1.48 bits per heavy atom. The topological polar surface area (TPSA) is 142 Å². The second-order valence-electron chi connectivity index (χ2n) is 5.73. The fourth-order valence-electron chi connectivity index (χ4n) is 2.55. The third-order valence-corrected chi connectivity index (χ3v) is 4.28.